The Morgan fingerprint density at radius 3 is 2.89 bits per heavy atom. The van der Waals surface area contributed by atoms with Crippen LogP contribution in [0.5, 0.6) is 0 Å². The lowest BCUT2D eigenvalue weighted by Gasteiger charge is -1.96. The lowest BCUT2D eigenvalue weighted by Crippen LogP contribution is -2.12. The van der Waals surface area contributed by atoms with Gasteiger partial charge in [0, 0.05) is 12.6 Å². The first kappa shape index (κ1) is 12.5. The van der Waals surface area contributed by atoms with Crippen molar-refractivity contribution in [2.24, 2.45) is 7.05 Å². The van der Waals surface area contributed by atoms with Gasteiger partial charge in [0.25, 0.3) is 0 Å². The monoisotopic (exact) mass is 269 g/mol. The number of thioether (sulfide) groups is 1. The molecule has 96 valence electrons. The summed E-state index contributed by atoms with van der Waals surface area (Å²) < 4.78 is 6.57. The van der Waals surface area contributed by atoms with Gasteiger partial charge >= 0.3 is 11.7 Å². The smallest absolute Gasteiger partial charge is 0.372 e. The Morgan fingerprint density at radius 1 is 1.67 bits per heavy atom. The average molecular weight is 269 g/mol. The predicted molar refractivity (Wildman–Crippen MR) is 63.8 cm³/mol. The molecule has 7 nitrogen and oxygen atoms in total. The first-order valence-electron chi connectivity index (χ1n) is 5.06. The summed E-state index contributed by atoms with van der Waals surface area (Å²) in [6, 6.07) is 1.67. The Bertz CT molecular complexity index is 640. The summed E-state index contributed by atoms with van der Waals surface area (Å²) in [5, 5.41) is 15.5. The van der Waals surface area contributed by atoms with Gasteiger partial charge in [-0.1, -0.05) is 11.8 Å². The second-order valence-corrected chi connectivity index (χ2v) is 4.63. The number of hydrogen-bond acceptors (Lipinski definition) is 5. The highest BCUT2D eigenvalue weighted by Gasteiger charge is 2.15. The number of carboxylic acid groups (broad SMARTS) is 1. The van der Waals surface area contributed by atoms with Crippen LogP contribution < -0.4 is 5.69 Å². The third-order valence-electron chi connectivity index (χ3n) is 2.35. The van der Waals surface area contributed by atoms with Crippen molar-refractivity contribution in [3.8, 4) is 0 Å². The summed E-state index contributed by atoms with van der Waals surface area (Å²) in [6.07, 6.45) is 0. The van der Waals surface area contributed by atoms with Crippen LogP contribution in [0.3, 0.4) is 0 Å². The largest absolute Gasteiger partial charge is 0.475 e. The first-order chi connectivity index (χ1) is 8.49. The van der Waals surface area contributed by atoms with E-state index in [1.165, 1.54) is 16.3 Å². The Balaban J connectivity index is 2.11. The molecule has 0 aromatic carbocycles. The molecule has 0 atom stereocenters. The van der Waals surface area contributed by atoms with Gasteiger partial charge in [0.1, 0.15) is 5.76 Å². The van der Waals surface area contributed by atoms with Crippen molar-refractivity contribution in [2.45, 2.75) is 17.8 Å². The molecule has 0 saturated heterocycles. The lowest BCUT2D eigenvalue weighted by atomic mass is 10.3. The summed E-state index contributed by atoms with van der Waals surface area (Å²) in [6.45, 7) is 1.67. The highest BCUT2D eigenvalue weighted by atomic mass is 32.2. The Kier molecular flexibility index (Phi) is 3.28. The second-order valence-electron chi connectivity index (χ2n) is 3.69. The number of aromatic nitrogens is 3. The maximum Gasteiger partial charge on any atom is 0.372 e. The van der Waals surface area contributed by atoms with Crippen molar-refractivity contribution >= 4 is 17.7 Å². The van der Waals surface area contributed by atoms with E-state index in [4.69, 9.17) is 9.52 Å². The average Bonchev–Trinajstić information content (AvgIpc) is 2.82. The fourth-order valence-corrected chi connectivity index (χ4v) is 2.23. The molecule has 0 radical (unpaired) electrons. The van der Waals surface area contributed by atoms with E-state index in [0.717, 1.165) is 0 Å². The molecule has 2 aromatic rings. The van der Waals surface area contributed by atoms with Gasteiger partial charge in [-0.25, -0.2) is 14.7 Å². The van der Waals surface area contributed by atoms with E-state index >= 15 is 0 Å². The normalized spacial score (nSPS) is 10.8. The molecule has 0 spiro atoms. The maximum atomic E-state index is 11.1. The molecule has 0 amide bonds. The van der Waals surface area contributed by atoms with Crippen LogP contribution in [0.4, 0.5) is 0 Å². The highest BCUT2D eigenvalue weighted by molar-refractivity contribution is 7.98. The van der Waals surface area contributed by atoms with E-state index in [2.05, 4.69) is 10.2 Å². The molecule has 0 saturated carbocycles. The summed E-state index contributed by atoms with van der Waals surface area (Å²) in [7, 11) is 1.60. The lowest BCUT2D eigenvalue weighted by molar-refractivity contribution is 0.0659. The molecule has 2 heterocycles. The summed E-state index contributed by atoms with van der Waals surface area (Å²) >= 11 is 1.29. The number of carbonyl (C=O) groups is 1. The van der Waals surface area contributed by atoms with Crippen molar-refractivity contribution in [1.82, 2.24) is 14.8 Å². The Morgan fingerprint density at radius 2 is 2.39 bits per heavy atom. The van der Waals surface area contributed by atoms with Gasteiger partial charge in [0.15, 0.2) is 5.16 Å². The number of rotatable bonds is 4. The molecular weight excluding hydrogens is 258 g/mol. The van der Waals surface area contributed by atoms with Crippen LogP contribution in [0.1, 0.15) is 21.9 Å². The van der Waals surface area contributed by atoms with Crippen molar-refractivity contribution < 1.29 is 14.3 Å². The second kappa shape index (κ2) is 4.73. The zero-order valence-electron chi connectivity index (χ0n) is 9.76. The standard InChI is InChI=1S/C10H11N3O4S/c1-5-3-6(17-7(5)8(14)15)4-18-10-12-11-9(16)13(10)2/h3H,4H2,1-2H3,(H,11,16)(H,14,15). The van der Waals surface area contributed by atoms with E-state index in [9.17, 15) is 9.59 Å². The van der Waals surface area contributed by atoms with Crippen molar-refractivity contribution in [2.75, 3.05) is 0 Å². The first-order valence-corrected chi connectivity index (χ1v) is 6.04. The third kappa shape index (κ3) is 2.33. The fourth-order valence-electron chi connectivity index (χ4n) is 1.43. The number of aromatic amines is 1. The van der Waals surface area contributed by atoms with Gasteiger partial charge in [-0.05, 0) is 13.0 Å². The minimum absolute atomic E-state index is 0.0542. The number of nitrogens with zero attached hydrogens (tertiary/aromatic N) is 2. The number of furan rings is 1. The van der Waals surface area contributed by atoms with Crippen LogP contribution >= 0.6 is 11.8 Å². The quantitative estimate of drug-likeness (QED) is 0.803. The van der Waals surface area contributed by atoms with Crippen LogP contribution in [0.25, 0.3) is 0 Å². The van der Waals surface area contributed by atoms with Gasteiger partial charge in [0.2, 0.25) is 5.76 Å². The summed E-state index contributed by atoms with van der Waals surface area (Å²) in [5.41, 5.74) is 0.286. The SMILES string of the molecule is Cc1cc(CSc2n[nH]c(=O)n2C)oc1C(=O)O. The molecule has 2 N–H and O–H groups in total. The molecule has 0 unspecified atom stereocenters. The van der Waals surface area contributed by atoms with Gasteiger partial charge in [-0.15, -0.1) is 5.10 Å². The van der Waals surface area contributed by atoms with Crippen LogP contribution in [0.15, 0.2) is 20.4 Å². The van der Waals surface area contributed by atoms with E-state index in [1.807, 2.05) is 0 Å². The fraction of sp³-hybridized carbons (Fsp3) is 0.300. The molecule has 0 aliphatic rings. The van der Waals surface area contributed by atoms with E-state index in [1.54, 1.807) is 20.0 Å². The molecule has 0 aliphatic carbocycles. The van der Waals surface area contributed by atoms with E-state index in [0.29, 0.717) is 22.2 Å². The van der Waals surface area contributed by atoms with Crippen LogP contribution in [0, 0.1) is 6.92 Å². The maximum absolute atomic E-state index is 11.1. The summed E-state index contributed by atoms with van der Waals surface area (Å²) in [4.78, 5) is 21.9. The minimum Gasteiger partial charge on any atom is -0.475 e. The summed E-state index contributed by atoms with van der Waals surface area (Å²) in [5.74, 6) is -0.200. The highest BCUT2D eigenvalue weighted by Crippen LogP contribution is 2.23. The van der Waals surface area contributed by atoms with Gasteiger partial charge < -0.3 is 9.52 Å². The van der Waals surface area contributed by atoms with Gasteiger partial charge in [0.05, 0.1) is 5.75 Å². The number of aromatic carboxylic acids is 1. The number of nitrogens with one attached hydrogen (secondary N) is 1. The molecule has 8 heteroatoms. The van der Waals surface area contributed by atoms with Crippen LogP contribution in [-0.4, -0.2) is 25.8 Å². The third-order valence-corrected chi connectivity index (χ3v) is 3.40. The van der Waals surface area contributed by atoms with E-state index < -0.39 is 5.97 Å². The molecule has 2 rings (SSSR count). The van der Waals surface area contributed by atoms with Crippen molar-refractivity contribution in [3.05, 3.63) is 33.6 Å². The van der Waals surface area contributed by atoms with Crippen LogP contribution in [0.2, 0.25) is 0 Å². The molecule has 18 heavy (non-hydrogen) atoms. The minimum atomic E-state index is -1.09. The predicted octanol–water partition coefficient (Wildman–Crippen LogP) is 1.00. The Labute approximate surface area is 106 Å². The molecule has 2 aromatic heterocycles. The topological polar surface area (TPSA) is 101 Å². The van der Waals surface area contributed by atoms with Crippen molar-refractivity contribution in [3.63, 3.8) is 0 Å². The number of aryl methyl sites for hydroxylation is 1. The zero-order valence-corrected chi connectivity index (χ0v) is 10.6. The van der Waals surface area contributed by atoms with E-state index in [-0.39, 0.29) is 11.4 Å². The van der Waals surface area contributed by atoms with Crippen molar-refractivity contribution in [1.29, 1.82) is 0 Å². The number of carboxylic acids is 1. The molecular formula is C10H11N3O4S. The van der Waals surface area contributed by atoms with Gasteiger partial charge in [-0.2, -0.15) is 0 Å². The Hall–Kier alpha value is -1.96. The van der Waals surface area contributed by atoms with Crippen LogP contribution in [-0.2, 0) is 12.8 Å². The number of hydrogen-bond donors (Lipinski definition) is 2. The molecule has 0 fully saturated rings. The zero-order chi connectivity index (χ0) is 13.3. The van der Waals surface area contributed by atoms with Gasteiger partial charge in [-0.3, -0.25) is 4.57 Å². The molecule has 0 aliphatic heterocycles. The number of H-pyrrole nitrogens is 1. The molecule has 0 bridgehead atoms.